The molecule has 5 heteroatoms. The summed E-state index contributed by atoms with van der Waals surface area (Å²) in [4.78, 5) is 0. The Kier molecular flexibility index (Phi) is 5.21. The summed E-state index contributed by atoms with van der Waals surface area (Å²) in [7, 11) is -3.24. The predicted molar refractivity (Wildman–Crippen MR) is 75.9 cm³/mol. The molecule has 0 aromatic heterocycles. The molecule has 108 valence electrons. The average molecular weight is 276 g/mol. The van der Waals surface area contributed by atoms with E-state index in [0.29, 0.717) is 6.54 Å². The van der Waals surface area contributed by atoms with Gasteiger partial charge < -0.3 is 5.73 Å². The lowest BCUT2D eigenvalue weighted by molar-refractivity contribution is 0.288. The van der Waals surface area contributed by atoms with E-state index in [1.54, 1.807) is 25.1 Å². The third-order valence-electron chi connectivity index (χ3n) is 3.55. The molecule has 0 bridgehead atoms. The normalized spacial score (nSPS) is 25.7. The first kappa shape index (κ1) is 15.9. The molecule has 0 aromatic carbocycles. The van der Waals surface area contributed by atoms with Gasteiger partial charge in [-0.3, -0.25) is 0 Å². The van der Waals surface area contributed by atoms with Gasteiger partial charge >= 0.3 is 0 Å². The van der Waals surface area contributed by atoms with Crippen molar-refractivity contribution in [2.24, 2.45) is 5.73 Å². The Morgan fingerprint density at radius 1 is 1.28 bits per heavy atom. The topological polar surface area (TPSA) is 63.4 Å². The lowest BCUT2D eigenvalue weighted by Crippen LogP contribution is -2.49. The van der Waals surface area contributed by atoms with E-state index in [2.05, 4.69) is 0 Å². The van der Waals surface area contributed by atoms with Gasteiger partial charge in [-0.1, -0.05) is 12.8 Å². The average Bonchev–Trinajstić information content (AvgIpc) is 2.40. The number of nitrogens with zero attached hydrogens (tertiary/aromatic N) is 1. The fourth-order valence-corrected chi connectivity index (χ4v) is 4.14. The first-order valence-corrected chi connectivity index (χ1v) is 8.37. The maximum atomic E-state index is 12.6. The van der Waals surface area contributed by atoms with E-state index in [-0.39, 0.29) is 12.1 Å². The first-order valence-electron chi connectivity index (χ1n) is 6.93. The van der Waals surface area contributed by atoms with Gasteiger partial charge in [0.05, 0.1) is 4.75 Å². The molecule has 1 aliphatic rings. The van der Waals surface area contributed by atoms with Crippen LogP contribution in [0, 0.1) is 0 Å². The summed E-state index contributed by atoms with van der Waals surface area (Å²) in [6.45, 7) is 7.92. The molecule has 1 fully saturated rings. The highest BCUT2D eigenvalue weighted by molar-refractivity contribution is 7.90. The van der Waals surface area contributed by atoms with Gasteiger partial charge in [-0.15, -0.1) is 0 Å². The van der Waals surface area contributed by atoms with E-state index in [0.717, 1.165) is 32.1 Å². The molecule has 0 radical (unpaired) electrons. The summed E-state index contributed by atoms with van der Waals surface area (Å²) in [5.41, 5.74) is 5.87. The van der Waals surface area contributed by atoms with Crippen LogP contribution in [0.5, 0.6) is 0 Å². The fraction of sp³-hybridized carbons (Fsp3) is 1.00. The van der Waals surface area contributed by atoms with Gasteiger partial charge in [0, 0.05) is 18.6 Å². The lowest BCUT2D eigenvalue weighted by Gasteiger charge is -2.35. The number of rotatable bonds is 3. The Bertz CT molecular complexity index is 358. The fourth-order valence-electron chi connectivity index (χ4n) is 2.48. The SMILES string of the molecule is CC(N)CC1CCCCCN1S(=O)(=O)C(C)(C)C. The molecule has 2 N–H and O–H groups in total. The summed E-state index contributed by atoms with van der Waals surface area (Å²) in [5.74, 6) is 0. The maximum absolute atomic E-state index is 12.6. The van der Waals surface area contributed by atoms with Crippen molar-refractivity contribution in [3.63, 3.8) is 0 Å². The van der Waals surface area contributed by atoms with Crippen molar-refractivity contribution in [3.8, 4) is 0 Å². The molecule has 2 atom stereocenters. The predicted octanol–water partition coefficient (Wildman–Crippen LogP) is 2.10. The number of nitrogens with two attached hydrogens (primary N) is 1. The van der Waals surface area contributed by atoms with E-state index >= 15 is 0 Å². The third kappa shape index (κ3) is 3.68. The van der Waals surface area contributed by atoms with Crippen molar-refractivity contribution < 1.29 is 8.42 Å². The van der Waals surface area contributed by atoms with Crippen LogP contribution in [0.3, 0.4) is 0 Å². The van der Waals surface area contributed by atoms with Crippen LogP contribution in [0.4, 0.5) is 0 Å². The Hall–Kier alpha value is -0.130. The zero-order valence-corrected chi connectivity index (χ0v) is 13.0. The van der Waals surface area contributed by atoms with Crippen LogP contribution in [-0.2, 0) is 10.0 Å². The molecule has 1 saturated heterocycles. The molecule has 1 rings (SSSR count). The molecular weight excluding hydrogens is 248 g/mol. The molecule has 0 spiro atoms. The van der Waals surface area contributed by atoms with Crippen molar-refractivity contribution >= 4 is 10.0 Å². The highest BCUT2D eigenvalue weighted by atomic mass is 32.2. The van der Waals surface area contributed by atoms with E-state index in [1.165, 1.54) is 0 Å². The van der Waals surface area contributed by atoms with Crippen LogP contribution in [-0.4, -0.2) is 36.1 Å². The van der Waals surface area contributed by atoms with E-state index in [9.17, 15) is 8.42 Å². The molecule has 1 heterocycles. The zero-order valence-electron chi connectivity index (χ0n) is 12.1. The summed E-state index contributed by atoms with van der Waals surface area (Å²) < 4.78 is 26.3. The smallest absolute Gasteiger partial charge is 0.219 e. The number of hydrogen-bond acceptors (Lipinski definition) is 3. The van der Waals surface area contributed by atoms with Gasteiger partial charge in [0.2, 0.25) is 10.0 Å². The number of hydrogen-bond donors (Lipinski definition) is 1. The zero-order chi connectivity index (χ0) is 14.0. The Labute approximate surface area is 112 Å². The van der Waals surface area contributed by atoms with Crippen molar-refractivity contribution in [1.82, 2.24) is 4.31 Å². The van der Waals surface area contributed by atoms with Crippen LogP contribution in [0.2, 0.25) is 0 Å². The first-order chi connectivity index (χ1) is 8.16. The standard InChI is InChI=1S/C13H28N2O2S/c1-11(14)10-12-8-6-5-7-9-15(12)18(16,17)13(2,3)4/h11-12H,5-10,14H2,1-4H3. The quantitative estimate of drug-likeness (QED) is 0.858. The molecule has 4 nitrogen and oxygen atoms in total. The minimum Gasteiger partial charge on any atom is -0.328 e. The van der Waals surface area contributed by atoms with E-state index in [1.807, 2.05) is 6.92 Å². The monoisotopic (exact) mass is 276 g/mol. The van der Waals surface area contributed by atoms with Crippen molar-refractivity contribution in [3.05, 3.63) is 0 Å². The molecule has 0 saturated carbocycles. The summed E-state index contributed by atoms with van der Waals surface area (Å²) >= 11 is 0. The molecule has 18 heavy (non-hydrogen) atoms. The third-order valence-corrected chi connectivity index (χ3v) is 6.20. The maximum Gasteiger partial charge on any atom is 0.219 e. The highest BCUT2D eigenvalue weighted by Crippen LogP contribution is 2.29. The van der Waals surface area contributed by atoms with Gasteiger partial charge in [0.15, 0.2) is 0 Å². The van der Waals surface area contributed by atoms with Gasteiger partial charge in [-0.25, -0.2) is 8.42 Å². The Balaban J connectivity index is 2.99. The van der Waals surface area contributed by atoms with Gasteiger partial charge in [-0.05, 0) is 47.0 Å². The molecule has 2 unspecified atom stereocenters. The van der Waals surface area contributed by atoms with Gasteiger partial charge in [-0.2, -0.15) is 4.31 Å². The molecule has 0 amide bonds. The van der Waals surface area contributed by atoms with Crippen molar-refractivity contribution in [2.45, 2.75) is 76.6 Å². The largest absolute Gasteiger partial charge is 0.328 e. The van der Waals surface area contributed by atoms with Gasteiger partial charge in [0.25, 0.3) is 0 Å². The molecular formula is C13H28N2O2S. The van der Waals surface area contributed by atoms with Crippen molar-refractivity contribution in [1.29, 1.82) is 0 Å². The summed E-state index contributed by atoms with van der Waals surface area (Å²) in [6, 6.07) is 0.127. The minimum atomic E-state index is -3.24. The van der Waals surface area contributed by atoms with E-state index < -0.39 is 14.8 Å². The molecule has 1 aliphatic heterocycles. The van der Waals surface area contributed by atoms with Crippen molar-refractivity contribution in [2.75, 3.05) is 6.54 Å². The van der Waals surface area contributed by atoms with Gasteiger partial charge in [0.1, 0.15) is 0 Å². The van der Waals surface area contributed by atoms with Crippen LogP contribution >= 0.6 is 0 Å². The second-order valence-electron chi connectivity index (χ2n) is 6.44. The molecule has 0 aliphatic carbocycles. The minimum absolute atomic E-state index is 0.0470. The van der Waals surface area contributed by atoms with E-state index in [4.69, 9.17) is 5.73 Å². The highest BCUT2D eigenvalue weighted by Gasteiger charge is 2.39. The van der Waals surface area contributed by atoms with Crippen LogP contribution in [0.25, 0.3) is 0 Å². The van der Waals surface area contributed by atoms with Crippen LogP contribution in [0.15, 0.2) is 0 Å². The second kappa shape index (κ2) is 5.88. The Morgan fingerprint density at radius 2 is 1.89 bits per heavy atom. The second-order valence-corrected chi connectivity index (χ2v) is 9.09. The van der Waals surface area contributed by atoms with Crippen LogP contribution < -0.4 is 5.73 Å². The van der Waals surface area contributed by atoms with Crippen LogP contribution in [0.1, 0.15) is 59.8 Å². The lowest BCUT2D eigenvalue weighted by atomic mass is 10.0. The summed E-state index contributed by atoms with van der Waals surface area (Å²) in [6.07, 6.45) is 4.89. The molecule has 0 aromatic rings. The number of sulfonamides is 1. The summed E-state index contributed by atoms with van der Waals surface area (Å²) in [5, 5.41) is 0. The Morgan fingerprint density at radius 3 is 2.39 bits per heavy atom.